The van der Waals surface area contributed by atoms with E-state index in [0.29, 0.717) is 6.42 Å². The van der Waals surface area contributed by atoms with Crippen LogP contribution in [-0.2, 0) is 11.2 Å². The van der Waals surface area contributed by atoms with Gasteiger partial charge in [-0.2, -0.15) is 0 Å². The molecule has 25 heavy (non-hydrogen) atoms. The topological polar surface area (TPSA) is 54.3 Å². The van der Waals surface area contributed by atoms with E-state index in [1.54, 1.807) is 6.26 Å². The van der Waals surface area contributed by atoms with E-state index in [1.807, 2.05) is 0 Å². The molecule has 4 nitrogen and oxygen atoms in total. The highest BCUT2D eigenvalue weighted by Gasteiger charge is 2.38. The maximum atomic E-state index is 12.6. The molecule has 0 radical (unpaired) electrons. The van der Waals surface area contributed by atoms with E-state index in [1.165, 1.54) is 5.56 Å². The van der Waals surface area contributed by atoms with Gasteiger partial charge in [-0.25, -0.2) is 0 Å². The second kappa shape index (κ2) is 6.17. The van der Waals surface area contributed by atoms with Gasteiger partial charge in [0.05, 0.1) is 12.7 Å². The van der Waals surface area contributed by atoms with Crippen LogP contribution in [0.1, 0.15) is 57.2 Å². The molecular weight excluding hydrogens is 312 g/mol. The van der Waals surface area contributed by atoms with Crippen LogP contribution in [0.15, 0.2) is 22.8 Å². The monoisotopic (exact) mass is 342 g/mol. The van der Waals surface area contributed by atoms with E-state index < -0.39 is 0 Å². The third kappa shape index (κ3) is 3.90. The molecule has 136 valence electrons. The lowest BCUT2D eigenvalue weighted by atomic mass is 9.79. The summed E-state index contributed by atoms with van der Waals surface area (Å²) >= 11 is 0. The summed E-state index contributed by atoms with van der Waals surface area (Å²) in [5.74, 6) is 0.0689. The summed E-state index contributed by atoms with van der Waals surface area (Å²) in [6.45, 7) is 12.9. The molecule has 3 rings (SSSR count). The molecular formula is C21H30N2O2. The summed E-state index contributed by atoms with van der Waals surface area (Å²) in [5.41, 5.74) is 4.26. The Labute approximate surface area is 150 Å². The number of piperidine rings is 1. The molecule has 0 bridgehead atoms. The number of furan rings is 1. The van der Waals surface area contributed by atoms with E-state index in [2.05, 4.69) is 64.3 Å². The number of carbonyl (C=O) groups is 1. The number of carbonyl (C=O) groups excluding carboxylic acids is 1. The molecule has 4 heteroatoms. The van der Waals surface area contributed by atoms with Crippen molar-refractivity contribution in [3.8, 4) is 0 Å². The van der Waals surface area contributed by atoms with Crippen molar-refractivity contribution in [2.45, 2.75) is 77.9 Å². The zero-order chi connectivity index (χ0) is 18.4. The maximum Gasteiger partial charge on any atom is 0.224 e. The Morgan fingerprint density at radius 3 is 2.48 bits per heavy atom. The quantitative estimate of drug-likeness (QED) is 0.886. The van der Waals surface area contributed by atoms with Gasteiger partial charge >= 0.3 is 0 Å². The lowest BCUT2D eigenvalue weighted by Crippen LogP contribution is -2.62. The first-order chi connectivity index (χ1) is 11.6. The Morgan fingerprint density at radius 1 is 1.20 bits per heavy atom. The van der Waals surface area contributed by atoms with Crippen LogP contribution in [0.25, 0.3) is 11.0 Å². The summed E-state index contributed by atoms with van der Waals surface area (Å²) in [5, 5.41) is 7.93. The minimum absolute atomic E-state index is 0.0245. The third-order valence-corrected chi connectivity index (χ3v) is 5.25. The van der Waals surface area contributed by atoms with Gasteiger partial charge in [0.15, 0.2) is 0 Å². The fourth-order valence-corrected chi connectivity index (χ4v) is 4.40. The van der Waals surface area contributed by atoms with Crippen LogP contribution >= 0.6 is 0 Å². The van der Waals surface area contributed by atoms with E-state index in [9.17, 15) is 4.79 Å². The lowest BCUT2D eigenvalue weighted by molar-refractivity contribution is -0.121. The van der Waals surface area contributed by atoms with Crippen molar-refractivity contribution in [3.05, 3.63) is 35.1 Å². The molecule has 0 aliphatic carbocycles. The summed E-state index contributed by atoms with van der Waals surface area (Å²) in [4.78, 5) is 12.6. The number of amides is 1. The number of nitrogens with one attached hydrogen (secondary N) is 2. The van der Waals surface area contributed by atoms with Crippen molar-refractivity contribution in [3.63, 3.8) is 0 Å². The van der Waals surface area contributed by atoms with Gasteiger partial charge in [0.2, 0.25) is 5.91 Å². The summed E-state index contributed by atoms with van der Waals surface area (Å²) < 4.78 is 5.73. The minimum atomic E-state index is 0.0245. The lowest BCUT2D eigenvalue weighted by Gasteiger charge is -2.46. The summed E-state index contributed by atoms with van der Waals surface area (Å²) in [6, 6.07) is 4.34. The van der Waals surface area contributed by atoms with Gasteiger partial charge in [0, 0.05) is 28.1 Å². The minimum Gasteiger partial charge on any atom is -0.464 e. The molecule has 1 amide bonds. The third-order valence-electron chi connectivity index (χ3n) is 5.25. The van der Waals surface area contributed by atoms with Gasteiger partial charge in [-0.1, -0.05) is 12.1 Å². The molecule has 0 unspecified atom stereocenters. The number of hydrogen-bond acceptors (Lipinski definition) is 3. The summed E-state index contributed by atoms with van der Waals surface area (Å²) in [7, 11) is 0. The van der Waals surface area contributed by atoms with Crippen LogP contribution in [0.2, 0.25) is 0 Å². The highest BCUT2D eigenvalue weighted by Crippen LogP contribution is 2.29. The molecule has 2 heterocycles. The first kappa shape index (κ1) is 18.0. The Morgan fingerprint density at radius 2 is 1.84 bits per heavy atom. The zero-order valence-electron chi connectivity index (χ0n) is 16.2. The van der Waals surface area contributed by atoms with Crippen molar-refractivity contribution in [2.75, 3.05) is 0 Å². The highest BCUT2D eigenvalue weighted by molar-refractivity contribution is 5.89. The number of hydrogen-bond donors (Lipinski definition) is 2. The van der Waals surface area contributed by atoms with Crippen LogP contribution in [0, 0.1) is 13.8 Å². The molecule has 1 aromatic carbocycles. The van der Waals surface area contributed by atoms with Crippen LogP contribution in [-0.4, -0.2) is 23.0 Å². The Kier molecular flexibility index (Phi) is 4.44. The number of rotatable bonds is 3. The van der Waals surface area contributed by atoms with Crippen LogP contribution in [0.4, 0.5) is 0 Å². The predicted octanol–water partition coefficient (Wildman–Crippen LogP) is 4.02. The smallest absolute Gasteiger partial charge is 0.224 e. The molecule has 1 saturated heterocycles. The molecule has 1 aliphatic rings. The fraction of sp³-hybridized carbons (Fsp3) is 0.571. The average molecular weight is 342 g/mol. The SMILES string of the molecule is Cc1ccc2c(CC(=O)NC3CC(C)(C)NC(C)(C)C3)coc2c1C. The second-order valence-corrected chi connectivity index (χ2v) is 8.89. The van der Waals surface area contributed by atoms with Crippen molar-refractivity contribution in [1.82, 2.24) is 10.6 Å². The van der Waals surface area contributed by atoms with Crippen molar-refractivity contribution in [1.29, 1.82) is 0 Å². The summed E-state index contributed by atoms with van der Waals surface area (Å²) in [6.07, 6.45) is 3.96. The molecule has 1 aromatic heterocycles. The Hall–Kier alpha value is -1.81. The Balaban J connectivity index is 1.72. The largest absolute Gasteiger partial charge is 0.464 e. The zero-order valence-corrected chi connectivity index (χ0v) is 16.2. The van der Waals surface area contributed by atoms with Gasteiger partial charge in [0.1, 0.15) is 5.58 Å². The van der Waals surface area contributed by atoms with Gasteiger partial charge in [-0.15, -0.1) is 0 Å². The van der Waals surface area contributed by atoms with E-state index in [0.717, 1.165) is 34.9 Å². The number of aryl methyl sites for hydroxylation is 2. The standard InChI is InChI=1S/C21H30N2O2/c1-13-7-8-17-15(12-25-19(17)14(13)2)9-18(24)22-16-10-20(3,4)23-21(5,6)11-16/h7-8,12,16,23H,9-11H2,1-6H3,(H,22,24). The normalized spacial score (nSPS) is 19.9. The molecule has 0 saturated carbocycles. The molecule has 0 spiro atoms. The molecule has 1 fully saturated rings. The fourth-order valence-electron chi connectivity index (χ4n) is 4.40. The molecule has 0 atom stereocenters. The van der Waals surface area contributed by atoms with Gasteiger partial charge in [-0.3, -0.25) is 4.79 Å². The number of benzene rings is 1. The molecule has 2 aromatic rings. The second-order valence-electron chi connectivity index (χ2n) is 8.89. The van der Waals surface area contributed by atoms with Crippen molar-refractivity contribution < 1.29 is 9.21 Å². The Bertz CT molecular complexity index is 786. The average Bonchev–Trinajstić information content (AvgIpc) is 2.82. The van der Waals surface area contributed by atoms with E-state index in [-0.39, 0.29) is 23.0 Å². The van der Waals surface area contributed by atoms with Crippen LogP contribution in [0.3, 0.4) is 0 Å². The van der Waals surface area contributed by atoms with Gasteiger partial charge in [-0.05, 0) is 65.5 Å². The first-order valence-corrected chi connectivity index (χ1v) is 9.11. The molecule has 2 N–H and O–H groups in total. The number of fused-ring (bicyclic) bond motifs is 1. The van der Waals surface area contributed by atoms with Crippen LogP contribution in [0.5, 0.6) is 0 Å². The van der Waals surface area contributed by atoms with E-state index in [4.69, 9.17) is 4.42 Å². The highest BCUT2D eigenvalue weighted by atomic mass is 16.3. The van der Waals surface area contributed by atoms with E-state index >= 15 is 0 Å². The maximum absolute atomic E-state index is 12.6. The van der Waals surface area contributed by atoms with Crippen LogP contribution < -0.4 is 10.6 Å². The predicted molar refractivity (Wildman–Crippen MR) is 102 cm³/mol. The van der Waals surface area contributed by atoms with Gasteiger partial charge in [0.25, 0.3) is 0 Å². The van der Waals surface area contributed by atoms with Crippen molar-refractivity contribution >= 4 is 16.9 Å². The first-order valence-electron chi connectivity index (χ1n) is 9.11. The van der Waals surface area contributed by atoms with Crippen molar-refractivity contribution in [2.24, 2.45) is 0 Å². The van der Waals surface area contributed by atoms with Gasteiger partial charge < -0.3 is 15.1 Å². The molecule has 1 aliphatic heterocycles.